The molecular formula is C11H11ClN6O. The number of benzene rings is 1. The van der Waals surface area contributed by atoms with Crippen molar-refractivity contribution in [2.24, 2.45) is 5.73 Å². The van der Waals surface area contributed by atoms with Crippen LogP contribution in [0.5, 0.6) is 0 Å². The standard InChI is InChI=1S/C11H11ClN6O/c12-8-2-1-7(18-6-14-16-17-18)5-9(8)15-10(19)11(13)3-4-11/h1-2,5-6H,3-4,13H2,(H,15,19). The zero-order valence-corrected chi connectivity index (χ0v) is 10.6. The second kappa shape index (κ2) is 4.29. The van der Waals surface area contributed by atoms with E-state index >= 15 is 0 Å². The van der Waals surface area contributed by atoms with Crippen LogP contribution >= 0.6 is 11.6 Å². The van der Waals surface area contributed by atoms with E-state index in [1.807, 2.05) is 0 Å². The van der Waals surface area contributed by atoms with Gasteiger partial charge in [0.2, 0.25) is 5.91 Å². The Bertz CT molecular complexity index is 622. The number of aromatic nitrogens is 4. The van der Waals surface area contributed by atoms with E-state index < -0.39 is 5.54 Å². The number of rotatable bonds is 3. The minimum absolute atomic E-state index is 0.219. The molecule has 0 spiro atoms. The van der Waals surface area contributed by atoms with Crippen molar-refractivity contribution in [1.82, 2.24) is 20.2 Å². The normalized spacial score (nSPS) is 16.1. The Morgan fingerprint density at radius 1 is 1.47 bits per heavy atom. The maximum absolute atomic E-state index is 11.9. The Hall–Kier alpha value is -1.99. The average Bonchev–Trinajstić information content (AvgIpc) is 2.94. The number of nitrogens with two attached hydrogens (primary N) is 1. The summed E-state index contributed by atoms with van der Waals surface area (Å²) >= 11 is 6.06. The monoisotopic (exact) mass is 278 g/mol. The predicted octanol–water partition coefficient (Wildman–Crippen LogP) is 0.746. The molecule has 8 heteroatoms. The molecule has 1 saturated carbocycles. The van der Waals surface area contributed by atoms with Crippen molar-refractivity contribution in [2.45, 2.75) is 18.4 Å². The lowest BCUT2D eigenvalue weighted by molar-refractivity contribution is -0.118. The first-order chi connectivity index (χ1) is 9.08. The second-order valence-electron chi connectivity index (χ2n) is 4.53. The molecule has 2 aromatic rings. The first-order valence-electron chi connectivity index (χ1n) is 5.72. The Morgan fingerprint density at radius 3 is 2.89 bits per heavy atom. The van der Waals surface area contributed by atoms with Gasteiger partial charge in [-0.05, 0) is 41.5 Å². The largest absolute Gasteiger partial charge is 0.323 e. The van der Waals surface area contributed by atoms with Gasteiger partial charge in [-0.2, -0.15) is 0 Å². The van der Waals surface area contributed by atoms with Crippen LogP contribution in [0.3, 0.4) is 0 Å². The van der Waals surface area contributed by atoms with Crippen LogP contribution in [0.15, 0.2) is 24.5 Å². The number of nitrogens with one attached hydrogen (secondary N) is 1. The lowest BCUT2D eigenvalue weighted by Gasteiger charge is -2.12. The van der Waals surface area contributed by atoms with Crippen LogP contribution in [0.1, 0.15) is 12.8 Å². The number of anilines is 1. The van der Waals surface area contributed by atoms with Gasteiger partial charge in [-0.25, -0.2) is 4.68 Å². The van der Waals surface area contributed by atoms with E-state index in [2.05, 4.69) is 20.8 Å². The highest BCUT2D eigenvalue weighted by molar-refractivity contribution is 6.33. The Kier molecular flexibility index (Phi) is 2.72. The second-order valence-corrected chi connectivity index (χ2v) is 4.94. The van der Waals surface area contributed by atoms with Crippen molar-refractivity contribution in [2.75, 3.05) is 5.32 Å². The molecule has 3 rings (SSSR count). The third-order valence-electron chi connectivity index (χ3n) is 3.05. The third-order valence-corrected chi connectivity index (χ3v) is 3.38. The summed E-state index contributed by atoms with van der Waals surface area (Å²) in [5, 5.41) is 14.1. The molecule has 1 aromatic carbocycles. The third kappa shape index (κ3) is 2.29. The molecule has 1 aliphatic carbocycles. The number of carbonyl (C=O) groups is 1. The number of amides is 1. The Morgan fingerprint density at radius 2 is 2.26 bits per heavy atom. The molecule has 98 valence electrons. The van der Waals surface area contributed by atoms with E-state index in [9.17, 15) is 4.79 Å². The van der Waals surface area contributed by atoms with E-state index in [0.717, 1.165) is 0 Å². The van der Waals surface area contributed by atoms with Crippen molar-refractivity contribution in [1.29, 1.82) is 0 Å². The summed E-state index contributed by atoms with van der Waals surface area (Å²) in [6.45, 7) is 0. The van der Waals surface area contributed by atoms with Crippen molar-refractivity contribution in [3.05, 3.63) is 29.5 Å². The van der Waals surface area contributed by atoms with Gasteiger partial charge in [0.1, 0.15) is 6.33 Å². The van der Waals surface area contributed by atoms with Gasteiger partial charge in [0, 0.05) is 0 Å². The molecule has 1 fully saturated rings. The van der Waals surface area contributed by atoms with E-state index in [1.54, 1.807) is 18.2 Å². The summed E-state index contributed by atoms with van der Waals surface area (Å²) in [4.78, 5) is 11.9. The summed E-state index contributed by atoms with van der Waals surface area (Å²) in [5.41, 5.74) is 6.28. The van der Waals surface area contributed by atoms with E-state index in [1.165, 1.54) is 11.0 Å². The summed E-state index contributed by atoms with van der Waals surface area (Å²) in [6, 6.07) is 5.12. The van der Waals surface area contributed by atoms with E-state index in [0.29, 0.717) is 29.2 Å². The molecule has 7 nitrogen and oxygen atoms in total. The first-order valence-corrected chi connectivity index (χ1v) is 6.09. The van der Waals surface area contributed by atoms with Gasteiger partial charge < -0.3 is 11.1 Å². The highest BCUT2D eigenvalue weighted by atomic mass is 35.5. The first kappa shape index (κ1) is 12.1. The number of halogens is 1. The minimum Gasteiger partial charge on any atom is -0.323 e. The molecule has 1 aliphatic rings. The van der Waals surface area contributed by atoms with Crippen molar-refractivity contribution >= 4 is 23.2 Å². The number of tetrazole rings is 1. The Labute approximate surface area is 113 Å². The molecule has 0 saturated heterocycles. The number of carbonyl (C=O) groups excluding carboxylic acids is 1. The van der Waals surface area contributed by atoms with Crippen LogP contribution in [0.2, 0.25) is 5.02 Å². The zero-order chi connectivity index (χ0) is 13.5. The summed E-state index contributed by atoms with van der Waals surface area (Å²) in [7, 11) is 0. The molecule has 3 N–H and O–H groups in total. The molecule has 19 heavy (non-hydrogen) atoms. The Balaban J connectivity index is 1.88. The summed E-state index contributed by atoms with van der Waals surface area (Å²) < 4.78 is 1.47. The van der Waals surface area contributed by atoms with Gasteiger partial charge in [0.25, 0.3) is 0 Å². The molecule has 0 atom stereocenters. The van der Waals surface area contributed by atoms with Crippen molar-refractivity contribution in [3.8, 4) is 5.69 Å². The summed E-state index contributed by atoms with van der Waals surface area (Å²) in [6.07, 6.45) is 2.85. The number of hydrogen-bond donors (Lipinski definition) is 2. The fraction of sp³-hybridized carbons (Fsp3) is 0.273. The smallest absolute Gasteiger partial charge is 0.244 e. The fourth-order valence-electron chi connectivity index (χ4n) is 1.64. The van der Waals surface area contributed by atoms with Gasteiger partial charge >= 0.3 is 0 Å². The highest BCUT2D eigenvalue weighted by Crippen LogP contribution is 2.34. The highest BCUT2D eigenvalue weighted by Gasteiger charge is 2.46. The SMILES string of the molecule is NC1(C(=O)Nc2cc(-n3cnnn3)ccc2Cl)CC1. The van der Waals surface area contributed by atoms with Crippen LogP contribution in [0.4, 0.5) is 5.69 Å². The maximum Gasteiger partial charge on any atom is 0.244 e. The zero-order valence-electron chi connectivity index (χ0n) is 9.88. The molecule has 1 heterocycles. The van der Waals surface area contributed by atoms with Gasteiger partial charge in [-0.1, -0.05) is 11.6 Å². The van der Waals surface area contributed by atoms with Gasteiger partial charge in [0.15, 0.2) is 0 Å². The van der Waals surface area contributed by atoms with Crippen LogP contribution in [-0.2, 0) is 4.79 Å². The average molecular weight is 279 g/mol. The van der Waals surface area contributed by atoms with Crippen LogP contribution < -0.4 is 11.1 Å². The van der Waals surface area contributed by atoms with Crippen molar-refractivity contribution < 1.29 is 4.79 Å². The van der Waals surface area contributed by atoms with Gasteiger partial charge in [0.05, 0.1) is 21.9 Å². The van der Waals surface area contributed by atoms with Crippen LogP contribution in [-0.4, -0.2) is 31.7 Å². The molecular weight excluding hydrogens is 268 g/mol. The quantitative estimate of drug-likeness (QED) is 0.863. The minimum atomic E-state index is -0.742. The summed E-state index contributed by atoms with van der Waals surface area (Å²) in [5.74, 6) is -0.219. The van der Waals surface area contributed by atoms with Gasteiger partial charge in [-0.3, -0.25) is 4.79 Å². The molecule has 1 aromatic heterocycles. The molecule has 1 amide bonds. The molecule has 0 bridgehead atoms. The lowest BCUT2D eigenvalue weighted by Crippen LogP contribution is -2.37. The number of hydrogen-bond acceptors (Lipinski definition) is 5. The number of nitrogens with zero attached hydrogens (tertiary/aromatic N) is 4. The fourth-order valence-corrected chi connectivity index (χ4v) is 1.80. The van der Waals surface area contributed by atoms with Crippen molar-refractivity contribution in [3.63, 3.8) is 0 Å². The van der Waals surface area contributed by atoms with Gasteiger partial charge in [-0.15, -0.1) is 5.10 Å². The van der Waals surface area contributed by atoms with Crippen LogP contribution in [0.25, 0.3) is 5.69 Å². The van der Waals surface area contributed by atoms with E-state index in [4.69, 9.17) is 17.3 Å². The van der Waals surface area contributed by atoms with Crippen LogP contribution in [0, 0.1) is 0 Å². The molecule has 0 radical (unpaired) electrons. The lowest BCUT2D eigenvalue weighted by atomic mass is 10.2. The molecule has 0 aliphatic heterocycles. The predicted molar refractivity (Wildman–Crippen MR) is 68.9 cm³/mol. The topological polar surface area (TPSA) is 98.7 Å². The van der Waals surface area contributed by atoms with E-state index in [-0.39, 0.29) is 5.91 Å². The molecule has 0 unspecified atom stereocenters. The maximum atomic E-state index is 11.9.